The molecule has 0 unspecified atom stereocenters. The molecule has 0 bridgehead atoms. The number of rotatable bonds is 7. The van der Waals surface area contributed by atoms with E-state index >= 15 is 0 Å². The highest BCUT2D eigenvalue weighted by Gasteiger charge is 2.03. The Labute approximate surface area is 108 Å². The maximum absolute atomic E-state index is 5.68. The first kappa shape index (κ1) is 13.9. The van der Waals surface area contributed by atoms with Crippen molar-refractivity contribution in [2.45, 2.75) is 20.3 Å². The highest BCUT2D eigenvalue weighted by molar-refractivity contribution is 7.80. The van der Waals surface area contributed by atoms with Crippen LogP contribution in [-0.2, 0) is 4.74 Å². The summed E-state index contributed by atoms with van der Waals surface area (Å²) in [6, 6.07) is 5.76. The fourth-order valence-corrected chi connectivity index (χ4v) is 1.52. The van der Waals surface area contributed by atoms with Crippen molar-refractivity contribution >= 4 is 17.2 Å². The highest BCUT2D eigenvalue weighted by Crippen LogP contribution is 2.19. The van der Waals surface area contributed by atoms with Crippen molar-refractivity contribution in [1.29, 1.82) is 0 Å². The van der Waals surface area contributed by atoms with E-state index < -0.39 is 0 Å². The first-order valence-corrected chi connectivity index (χ1v) is 6.17. The maximum Gasteiger partial charge on any atom is 0.122 e. The van der Waals surface area contributed by atoms with Gasteiger partial charge in [0.25, 0.3) is 0 Å². The molecule has 0 saturated heterocycles. The van der Waals surface area contributed by atoms with E-state index in [1.165, 1.54) is 0 Å². The number of thiocarbonyl (C=S) groups is 1. The van der Waals surface area contributed by atoms with Gasteiger partial charge >= 0.3 is 0 Å². The highest BCUT2D eigenvalue weighted by atomic mass is 32.1. The molecule has 17 heavy (non-hydrogen) atoms. The van der Waals surface area contributed by atoms with E-state index in [9.17, 15) is 0 Å². The van der Waals surface area contributed by atoms with Crippen molar-refractivity contribution in [3.8, 4) is 5.75 Å². The molecule has 2 N–H and O–H groups in total. The number of benzene rings is 1. The lowest BCUT2D eigenvalue weighted by Gasteiger charge is -2.10. The van der Waals surface area contributed by atoms with E-state index in [0.717, 1.165) is 36.5 Å². The second kappa shape index (κ2) is 7.25. The standard InChI is InChI=1S/C13H19NO2S/c1-3-15-7-4-8-16-12-9-11(13(14)17)6-5-10(12)2/h5-6,9H,3-4,7-8H2,1-2H3,(H2,14,17). The SMILES string of the molecule is CCOCCCOc1cc(C(N)=S)ccc1C. The van der Waals surface area contributed by atoms with Crippen LogP contribution < -0.4 is 10.5 Å². The van der Waals surface area contributed by atoms with Crippen LogP contribution in [0.3, 0.4) is 0 Å². The van der Waals surface area contributed by atoms with Gasteiger partial charge in [-0.15, -0.1) is 0 Å². The Morgan fingerprint density at radius 1 is 1.35 bits per heavy atom. The van der Waals surface area contributed by atoms with Gasteiger partial charge in [-0.3, -0.25) is 0 Å². The average molecular weight is 253 g/mol. The van der Waals surface area contributed by atoms with Gasteiger partial charge in [-0.05, 0) is 25.5 Å². The Kier molecular flexibility index (Phi) is 5.94. The Morgan fingerprint density at radius 3 is 2.76 bits per heavy atom. The van der Waals surface area contributed by atoms with Gasteiger partial charge < -0.3 is 15.2 Å². The minimum absolute atomic E-state index is 0.393. The minimum Gasteiger partial charge on any atom is -0.493 e. The third-order valence-electron chi connectivity index (χ3n) is 2.37. The first-order valence-electron chi connectivity index (χ1n) is 5.76. The monoisotopic (exact) mass is 253 g/mol. The van der Waals surface area contributed by atoms with Gasteiger partial charge in [0.05, 0.1) is 6.61 Å². The molecule has 1 rings (SSSR count). The molecule has 3 nitrogen and oxygen atoms in total. The summed E-state index contributed by atoms with van der Waals surface area (Å²) in [5.74, 6) is 0.840. The number of hydrogen-bond acceptors (Lipinski definition) is 3. The lowest BCUT2D eigenvalue weighted by atomic mass is 10.1. The zero-order valence-electron chi connectivity index (χ0n) is 10.4. The summed E-state index contributed by atoms with van der Waals surface area (Å²) >= 11 is 4.94. The molecule has 0 atom stereocenters. The lowest BCUT2D eigenvalue weighted by Crippen LogP contribution is -2.10. The fraction of sp³-hybridized carbons (Fsp3) is 0.462. The summed E-state index contributed by atoms with van der Waals surface area (Å²) in [5, 5.41) is 0. The summed E-state index contributed by atoms with van der Waals surface area (Å²) in [4.78, 5) is 0.393. The topological polar surface area (TPSA) is 44.5 Å². The van der Waals surface area contributed by atoms with Gasteiger partial charge in [-0.25, -0.2) is 0 Å². The van der Waals surface area contributed by atoms with E-state index in [0.29, 0.717) is 11.6 Å². The molecule has 1 aromatic carbocycles. The van der Waals surface area contributed by atoms with Gasteiger partial charge in [-0.2, -0.15) is 0 Å². The Balaban J connectivity index is 2.51. The lowest BCUT2D eigenvalue weighted by molar-refractivity contribution is 0.130. The number of hydrogen-bond donors (Lipinski definition) is 1. The average Bonchev–Trinajstić information content (AvgIpc) is 2.30. The zero-order valence-corrected chi connectivity index (χ0v) is 11.2. The van der Waals surface area contributed by atoms with E-state index in [1.807, 2.05) is 32.0 Å². The largest absolute Gasteiger partial charge is 0.493 e. The van der Waals surface area contributed by atoms with E-state index in [1.54, 1.807) is 0 Å². The van der Waals surface area contributed by atoms with Gasteiger partial charge in [0.1, 0.15) is 10.7 Å². The Morgan fingerprint density at radius 2 is 2.12 bits per heavy atom. The van der Waals surface area contributed by atoms with Crippen LogP contribution in [0.5, 0.6) is 5.75 Å². The van der Waals surface area contributed by atoms with Gasteiger partial charge in [-0.1, -0.05) is 24.4 Å². The van der Waals surface area contributed by atoms with Crippen molar-refractivity contribution < 1.29 is 9.47 Å². The molecule has 0 saturated carbocycles. The third-order valence-corrected chi connectivity index (χ3v) is 2.60. The molecule has 0 aliphatic rings. The second-order valence-corrected chi connectivity index (χ2v) is 4.18. The molecule has 94 valence electrons. The van der Waals surface area contributed by atoms with E-state index in [4.69, 9.17) is 27.4 Å². The van der Waals surface area contributed by atoms with Crippen LogP contribution in [-0.4, -0.2) is 24.8 Å². The smallest absolute Gasteiger partial charge is 0.122 e. The number of aryl methyl sites for hydroxylation is 1. The molecule has 0 aliphatic carbocycles. The van der Waals surface area contributed by atoms with Crippen molar-refractivity contribution in [3.63, 3.8) is 0 Å². The van der Waals surface area contributed by atoms with Crippen LogP contribution in [0.1, 0.15) is 24.5 Å². The quantitative estimate of drug-likeness (QED) is 0.599. The van der Waals surface area contributed by atoms with Crippen LogP contribution in [0.2, 0.25) is 0 Å². The number of nitrogens with two attached hydrogens (primary N) is 1. The third kappa shape index (κ3) is 4.71. The second-order valence-electron chi connectivity index (χ2n) is 3.74. The minimum atomic E-state index is 0.393. The summed E-state index contributed by atoms with van der Waals surface area (Å²) in [5.41, 5.74) is 7.51. The molecule has 0 aromatic heterocycles. The Hall–Kier alpha value is -1.13. The molecular formula is C13H19NO2S. The van der Waals surface area contributed by atoms with Crippen LogP contribution in [0, 0.1) is 6.92 Å². The summed E-state index contributed by atoms with van der Waals surface area (Å²) < 4.78 is 10.9. The summed E-state index contributed by atoms with van der Waals surface area (Å²) in [7, 11) is 0. The maximum atomic E-state index is 5.68. The fourth-order valence-electron chi connectivity index (χ4n) is 1.40. The molecular weight excluding hydrogens is 234 g/mol. The molecule has 0 aliphatic heterocycles. The molecule has 4 heteroatoms. The van der Waals surface area contributed by atoms with Gasteiger partial charge in [0.2, 0.25) is 0 Å². The van der Waals surface area contributed by atoms with Gasteiger partial charge in [0, 0.05) is 25.2 Å². The summed E-state index contributed by atoms with van der Waals surface area (Å²) in [6.45, 7) is 6.10. The first-order chi connectivity index (χ1) is 8.15. The Bertz CT molecular complexity index is 380. The molecule has 0 fully saturated rings. The molecule has 0 radical (unpaired) electrons. The van der Waals surface area contributed by atoms with Crippen LogP contribution in [0.25, 0.3) is 0 Å². The number of ether oxygens (including phenoxy) is 2. The van der Waals surface area contributed by atoms with E-state index in [2.05, 4.69) is 0 Å². The van der Waals surface area contributed by atoms with Crippen LogP contribution >= 0.6 is 12.2 Å². The van der Waals surface area contributed by atoms with Crippen molar-refractivity contribution in [1.82, 2.24) is 0 Å². The normalized spacial score (nSPS) is 10.2. The van der Waals surface area contributed by atoms with Crippen LogP contribution in [0.15, 0.2) is 18.2 Å². The predicted octanol–water partition coefficient (Wildman–Crippen LogP) is 2.43. The molecule has 0 amide bonds. The summed E-state index contributed by atoms with van der Waals surface area (Å²) in [6.07, 6.45) is 0.880. The molecule has 0 spiro atoms. The van der Waals surface area contributed by atoms with E-state index in [-0.39, 0.29) is 0 Å². The predicted molar refractivity (Wildman–Crippen MR) is 73.7 cm³/mol. The van der Waals surface area contributed by atoms with Crippen molar-refractivity contribution in [2.75, 3.05) is 19.8 Å². The van der Waals surface area contributed by atoms with Crippen molar-refractivity contribution in [3.05, 3.63) is 29.3 Å². The van der Waals surface area contributed by atoms with Crippen LogP contribution in [0.4, 0.5) is 0 Å². The molecule has 1 aromatic rings. The van der Waals surface area contributed by atoms with Crippen molar-refractivity contribution in [2.24, 2.45) is 5.73 Å². The van der Waals surface area contributed by atoms with Gasteiger partial charge in [0.15, 0.2) is 0 Å². The molecule has 0 heterocycles. The zero-order chi connectivity index (χ0) is 12.7.